The number of amides is 1. The van der Waals surface area contributed by atoms with Crippen LogP contribution in [-0.4, -0.2) is 32.4 Å². The maximum atomic E-state index is 12.0. The number of carbonyl (C=O) groups is 1. The molecule has 1 saturated heterocycles. The zero-order chi connectivity index (χ0) is 14.0. The fraction of sp³-hybridized carbons (Fsp3) is 0.364. The molecule has 0 saturated carbocycles. The molecule has 0 spiro atoms. The highest BCUT2D eigenvalue weighted by Crippen LogP contribution is 2.20. The molecule has 1 aromatic carbocycles. The molecule has 104 valence electrons. The molecule has 8 heteroatoms. The van der Waals surface area contributed by atoms with Gasteiger partial charge in [0.25, 0.3) is 5.91 Å². The highest BCUT2D eigenvalue weighted by atomic mass is 35.5. The molecule has 0 radical (unpaired) electrons. The number of nitrogens with one attached hydrogen (secondary N) is 1. The standard InChI is InChI=1S/C11H14ClN3O3S/c12-10-4-3-8(19(13,17)18)7-9(10)11(16)14-15-5-1-2-6-15/h3-4,7H,1-2,5-6H2,(H,14,16)(H2,13,17,18). The third-order valence-corrected chi connectivity index (χ3v) is 4.12. The van der Waals surface area contributed by atoms with E-state index in [1.54, 1.807) is 5.01 Å². The number of nitrogens with zero attached hydrogens (tertiary/aromatic N) is 1. The number of sulfonamides is 1. The number of hydrogen-bond donors (Lipinski definition) is 2. The zero-order valence-electron chi connectivity index (χ0n) is 10.1. The zero-order valence-corrected chi connectivity index (χ0v) is 11.7. The second-order valence-electron chi connectivity index (χ2n) is 4.32. The first-order valence-electron chi connectivity index (χ1n) is 5.76. The summed E-state index contributed by atoms with van der Waals surface area (Å²) in [5, 5.41) is 6.99. The third kappa shape index (κ3) is 3.44. The second kappa shape index (κ2) is 5.46. The van der Waals surface area contributed by atoms with Gasteiger partial charge in [0.1, 0.15) is 0 Å². The monoisotopic (exact) mass is 303 g/mol. The first-order chi connectivity index (χ1) is 8.88. The van der Waals surface area contributed by atoms with Crippen molar-refractivity contribution in [1.82, 2.24) is 10.4 Å². The molecule has 1 fully saturated rings. The molecule has 1 aliphatic heterocycles. The maximum absolute atomic E-state index is 12.0. The van der Waals surface area contributed by atoms with Crippen LogP contribution in [0.5, 0.6) is 0 Å². The Balaban J connectivity index is 2.25. The van der Waals surface area contributed by atoms with Gasteiger partial charge in [-0.2, -0.15) is 0 Å². The van der Waals surface area contributed by atoms with E-state index in [0.717, 1.165) is 25.9 Å². The quantitative estimate of drug-likeness (QED) is 0.861. The van der Waals surface area contributed by atoms with Crippen LogP contribution in [0.4, 0.5) is 0 Å². The molecule has 0 aliphatic carbocycles. The Labute approximate surface area is 116 Å². The van der Waals surface area contributed by atoms with E-state index in [-0.39, 0.29) is 15.5 Å². The average molecular weight is 304 g/mol. The molecular formula is C11H14ClN3O3S. The van der Waals surface area contributed by atoms with Crippen LogP contribution >= 0.6 is 11.6 Å². The average Bonchev–Trinajstić information content (AvgIpc) is 2.80. The van der Waals surface area contributed by atoms with Crippen molar-refractivity contribution in [3.63, 3.8) is 0 Å². The lowest BCUT2D eigenvalue weighted by molar-refractivity contribution is 0.0826. The number of benzene rings is 1. The summed E-state index contributed by atoms with van der Waals surface area (Å²) >= 11 is 5.91. The fourth-order valence-corrected chi connectivity index (χ4v) is 2.63. The van der Waals surface area contributed by atoms with Crippen molar-refractivity contribution < 1.29 is 13.2 Å². The van der Waals surface area contributed by atoms with Crippen LogP contribution in [0.15, 0.2) is 23.1 Å². The van der Waals surface area contributed by atoms with Gasteiger partial charge in [-0.3, -0.25) is 10.2 Å². The van der Waals surface area contributed by atoms with Crippen molar-refractivity contribution in [2.45, 2.75) is 17.7 Å². The molecule has 3 N–H and O–H groups in total. The van der Waals surface area contributed by atoms with Crippen LogP contribution in [0.25, 0.3) is 0 Å². The summed E-state index contributed by atoms with van der Waals surface area (Å²) in [5.74, 6) is -0.433. The van der Waals surface area contributed by atoms with Crippen LogP contribution in [0.2, 0.25) is 5.02 Å². The van der Waals surface area contributed by atoms with Gasteiger partial charge in [-0.25, -0.2) is 18.6 Å². The van der Waals surface area contributed by atoms with E-state index < -0.39 is 15.9 Å². The topological polar surface area (TPSA) is 92.5 Å². The molecule has 1 amide bonds. The van der Waals surface area contributed by atoms with E-state index in [1.807, 2.05) is 0 Å². The molecule has 0 atom stereocenters. The molecule has 0 unspecified atom stereocenters. The number of hydrazine groups is 1. The number of rotatable bonds is 3. The summed E-state index contributed by atoms with van der Waals surface area (Å²) in [6.45, 7) is 1.55. The van der Waals surface area contributed by atoms with Gasteiger partial charge in [-0.1, -0.05) is 11.6 Å². The maximum Gasteiger partial charge on any atom is 0.267 e. The largest absolute Gasteiger partial charge is 0.285 e. The highest BCUT2D eigenvalue weighted by molar-refractivity contribution is 7.89. The van der Waals surface area contributed by atoms with E-state index in [0.29, 0.717) is 0 Å². The molecule has 2 rings (SSSR count). The van der Waals surface area contributed by atoms with Crippen LogP contribution in [0, 0.1) is 0 Å². The highest BCUT2D eigenvalue weighted by Gasteiger charge is 2.19. The number of primary sulfonamides is 1. The molecule has 0 bridgehead atoms. The van der Waals surface area contributed by atoms with Crippen LogP contribution in [0.1, 0.15) is 23.2 Å². The van der Waals surface area contributed by atoms with Crippen molar-refractivity contribution >= 4 is 27.5 Å². The van der Waals surface area contributed by atoms with Crippen molar-refractivity contribution in [2.24, 2.45) is 5.14 Å². The Kier molecular flexibility index (Phi) is 4.10. The third-order valence-electron chi connectivity index (χ3n) is 2.88. The summed E-state index contributed by atoms with van der Waals surface area (Å²) in [6.07, 6.45) is 2.04. The SMILES string of the molecule is NS(=O)(=O)c1ccc(Cl)c(C(=O)NN2CCCC2)c1. The summed E-state index contributed by atoms with van der Waals surface area (Å²) < 4.78 is 22.5. The minimum atomic E-state index is -3.86. The lowest BCUT2D eigenvalue weighted by Gasteiger charge is -2.16. The van der Waals surface area contributed by atoms with Crippen molar-refractivity contribution in [2.75, 3.05) is 13.1 Å². The Bertz CT molecular complexity index is 597. The molecule has 19 heavy (non-hydrogen) atoms. The minimum absolute atomic E-state index is 0.0973. The van der Waals surface area contributed by atoms with E-state index in [4.69, 9.17) is 16.7 Å². The van der Waals surface area contributed by atoms with Gasteiger partial charge in [0.15, 0.2) is 0 Å². The van der Waals surface area contributed by atoms with Crippen LogP contribution < -0.4 is 10.6 Å². The van der Waals surface area contributed by atoms with E-state index in [9.17, 15) is 13.2 Å². The second-order valence-corrected chi connectivity index (χ2v) is 6.29. The first-order valence-corrected chi connectivity index (χ1v) is 7.68. The van der Waals surface area contributed by atoms with Gasteiger partial charge in [-0.15, -0.1) is 0 Å². The van der Waals surface area contributed by atoms with Crippen molar-refractivity contribution in [3.8, 4) is 0 Å². The molecule has 1 aliphatic rings. The number of carbonyl (C=O) groups excluding carboxylic acids is 1. The lowest BCUT2D eigenvalue weighted by atomic mass is 10.2. The van der Waals surface area contributed by atoms with Gasteiger partial charge in [0, 0.05) is 13.1 Å². The number of hydrogen-bond acceptors (Lipinski definition) is 4. The molecule has 1 heterocycles. The van der Waals surface area contributed by atoms with Crippen LogP contribution in [0.3, 0.4) is 0 Å². The van der Waals surface area contributed by atoms with E-state index >= 15 is 0 Å². The predicted molar refractivity (Wildman–Crippen MR) is 71.1 cm³/mol. The molecular weight excluding hydrogens is 290 g/mol. The van der Waals surface area contributed by atoms with Gasteiger partial charge < -0.3 is 0 Å². The Morgan fingerprint density at radius 1 is 1.32 bits per heavy atom. The van der Waals surface area contributed by atoms with Gasteiger partial charge in [0.2, 0.25) is 10.0 Å². The normalized spacial score (nSPS) is 16.5. The van der Waals surface area contributed by atoms with Crippen molar-refractivity contribution in [3.05, 3.63) is 28.8 Å². The summed E-state index contributed by atoms with van der Waals surface area (Å²) in [7, 11) is -3.86. The summed E-state index contributed by atoms with van der Waals surface area (Å²) in [4.78, 5) is 11.9. The molecule has 6 nitrogen and oxygen atoms in total. The van der Waals surface area contributed by atoms with Crippen molar-refractivity contribution in [1.29, 1.82) is 0 Å². The number of nitrogens with two attached hydrogens (primary N) is 1. The van der Waals surface area contributed by atoms with Gasteiger partial charge in [-0.05, 0) is 31.0 Å². The smallest absolute Gasteiger partial charge is 0.267 e. The molecule has 0 aromatic heterocycles. The van der Waals surface area contributed by atoms with E-state index in [1.165, 1.54) is 18.2 Å². The van der Waals surface area contributed by atoms with E-state index in [2.05, 4.69) is 5.43 Å². The summed E-state index contributed by atoms with van der Waals surface area (Å²) in [6, 6.07) is 3.80. The lowest BCUT2D eigenvalue weighted by Crippen LogP contribution is -2.40. The Morgan fingerprint density at radius 3 is 2.53 bits per heavy atom. The first kappa shape index (κ1) is 14.3. The Morgan fingerprint density at radius 2 is 1.95 bits per heavy atom. The fourth-order valence-electron chi connectivity index (χ4n) is 1.89. The predicted octanol–water partition coefficient (Wildman–Crippen LogP) is 0.728. The van der Waals surface area contributed by atoms with Gasteiger partial charge >= 0.3 is 0 Å². The molecule has 1 aromatic rings. The summed E-state index contributed by atoms with van der Waals surface area (Å²) in [5.41, 5.74) is 2.79. The minimum Gasteiger partial charge on any atom is -0.285 e. The Hall–Kier alpha value is -1.15. The van der Waals surface area contributed by atoms with Gasteiger partial charge in [0.05, 0.1) is 15.5 Å². The van der Waals surface area contributed by atoms with Crippen LogP contribution in [-0.2, 0) is 10.0 Å². The number of halogens is 1.